The van der Waals surface area contributed by atoms with E-state index in [0.29, 0.717) is 5.88 Å². The van der Waals surface area contributed by atoms with Gasteiger partial charge in [-0.05, 0) is 13.3 Å². The van der Waals surface area contributed by atoms with Crippen molar-refractivity contribution >= 4 is 5.82 Å². The Morgan fingerprint density at radius 3 is 2.88 bits per heavy atom. The summed E-state index contributed by atoms with van der Waals surface area (Å²) >= 11 is 0. The van der Waals surface area contributed by atoms with Crippen LogP contribution >= 0.6 is 0 Å². The average Bonchev–Trinajstić information content (AvgIpc) is 2.28. The molecule has 0 aliphatic carbocycles. The Labute approximate surface area is 96.4 Å². The van der Waals surface area contributed by atoms with E-state index in [1.807, 2.05) is 6.92 Å². The van der Waals surface area contributed by atoms with Gasteiger partial charge in [-0.25, -0.2) is 9.97 Å². The smallest absolute Gasteiger partial charge is 0.221 e. The molecule has 5 nitrogen and oxygen atoms in total. The van der Waals surface area contributed by atoms with Gasteiger partial charge < -0.3 is 15.8 Å². The molecule has 16 heavy (non-hydrogen) atoms. The minimum Gasteiger partial charge on any atom is -0.481 e. The highest BCUT2D eigenvalue weighted by Gasteiger charge is 2.08. The van der Waals surface area contributed by atoms with Crippen LogP contribution in [0, 0.1) is 6.92 Å². The number of nitrogens with two attached hydrogens (primary N) is 1. The van der Waals surface area contributed by atoms with E-state index in [-0.39, 0.29) is 6.04 Å². The van der Waals surface area contributed by atoms with Crippen LogP contribution in [0.15, 0.2) is 6.33 Å². The number of rotatable bonds is 6. The summed E-state index contributed by atoms with van der Waals surface area (Å²) in [7, 11) is 1.60. The minimum atomic E-state index is 0.158. The largest absolute Gasteiger partial charge is 0.481 e. The zero-order chi connectivity index (χ0) is 12.0. The predicted molar refractivity (Wildman–Crippen MR) is 64.7 cm³/mol. The number of nitrogens with zero attached hydrogens (tertiary/aromatic N) is 2. The molecule has 5 heteroatoms. The highest BCUT2D eigenvalue weighted by atomic mass is 16.5. The highest BCUT2D eigenvalue weighted by Crippen LogP contribution is 2.19. The molecular formula is C11H20N4O. The summed E-state index contributed by atoms with van der Waals surface area (Å²) < 4.78 is 5.12. The standard InChI is InChI=1S/C11H20N4O/c1-4-5-9(12)6-13-10-8(2)11(16-3)15-7-14-10/h7,9H,4-6,12H2,1-3H3,(H,13,14,15). The van der Waals surface area contributed by atoms with Gasteiger partial charge in [0, 0.05) is 12.6 Å². The predicted octanol–water partition coefficient (Wildman–Crippen LogP) is 1.33. The lowest BCUT2D eigenvalue weighted by molar-refractivity contribution is 0.393. The Bertz CT molecular complexity index is 330. The first-order valence-electron chi connectivity index (χ1n) is 5.54. The topological polar surface area (TPSA) is 73.1 Å². The maximum atomic E-state index is 5.92. The van der Waals surface area contributed by atoms with Gasteiger partial charge in [0.05, 0.1) is 12.7 Å². The number of hydrogen-bond donors (Lipinski definition) is 2. The molecule has 3 N–H and O–H groups in total. The maximum absolute atomic E-state index is 5.92. The molecule has 0 spiro atoms. The van der Waals surface area contributed by atoms with Gasteiger partial charge in [0.2, 0.25) is 5.88 Å². The summed E-state index contributed by atoms with van der Waals surface area (Å²) in [5.74, 6) is 1.39. The molecule has 0 saturated heterocycles. The Balaban J connectivity index is 2.60. The molecule has 1 unspecified atom stereocenters. The second kappa shape index (κ2) is 6.27. The van der Waals surface area contributed by atoms with Crippen LogP contribution in [0.3, 0.4) is 0 Å². The van der Waals surface area contributed by atoms with Crippen LogP contribution in [0.4, 0.5) is 5.82 Å². The van der Waals surface area contributed by atoms with Crippen molar-refractivity contribution in [1.29, 1.82) is 0 Å². The average molecular weight is 224 g/mol. The molecule has 1 rings (SSSR count). The molecule has 0 aliphatic rings. The summed E-state index contributed by atoms with van der Waals surface area (Å²) in [6.07, 6.45) is 3.59. The fraction of sp³-hybridized carbons (Fsp3) is 0.636. The Morgan fingerprint density at radius 1 is 1.50 bits per heavy atom. The zero-order valence-corrected chi connectivity index (χ0v) is 10.2. The van der Waals surface area contributed by atoms with Crippen LogP contribution < -0.4 is 15.8 Å². The number of aromatic nitrogens is 2. The Kier molecular flexibility index (Phi) is 4.98. The number of ether oxygens (including phenoxy) is 1. The summed E-state index contributed by atoms with van der Waals surface area (Å²) in [4.78, 5) is 8.18. The van der Waals surface area contributed by atoms with Crippen LogP contribution in [0.2, 0.25) is 0 Å². The van der Waals surface area contributed by atoms with Crippen LogP contribution in [0.25, 0.3) is 0 Å². The second-order valence-corrected chi connectivity index (χ2v) is 3.79. The number of methoxy groups -OCH3 is 1. The summed E-state index contributed by atoms with van der Waals surface area (Å²) in [6, 6.07) is 0.158. The van der Waals surface area contributed by atoms with Crippen molar-refractivity contribution in [2.75, 3.05) is 19.0 Å². The third kappa shape index (κ3) is 3.34. The first-order valence-corrected chi connectivity index (χ1v) is 5.54. The van der Waals surface area contributed by atoms with E-state index in [9.17, 15) is 0 Å². The van der Waals surface area contributed by atoms with Gasteiger partial charge in [0.25, 0.3) is 0 Å². The van der Waals surface area contributed by atoms with Crippen LogP contribution in [0.1, 0.15) is 25.3 Å². The lowest BCUT2D eigenvalue weighted by Gasteiger charge is -2.14. The Hall–Kier alpha value is -1.36. The summed E-state index contributed by atoms with van der Waals surface area (Å²) in [6.45, 7) is 4.76. The fourth-order valence-electron chi connectivity index (χ4n) is 1.52. The van der Waals surface area contributed by atoms with Crippen molar-refractivity contribution in [1.82, 2.24) is 9.97 Å². The number of nitrogens with one attached hydrogen (secondary N) is 1. The molecule has 0 amide bonds. The van der Waals surface area contributed by atoms with Crippen molar-refractivity contribution in [3.63, 3.8) is 0 Å². The summed E-state index contributed by atoms with van der Waals surface area (Å²) in [5, 5.41) is 3.22. The fourth-order valence-corrected chi connectivity index (χ4v) is 1.52. The van der Waals surface area contributed by atoms with E-state index < -0.39 is 0 Å². The SMILES string of the molecule is CCCC(N)CNc1ncnc(OC)c1C. The molecule has 0 radical (unpaired) electrons. The van der Waals surface area contributed by atoms with Gasteiger partial charge in [-0.2, -0.15) is 0 Å². The van der Waals surface area contributed by atoms with Crippen LogP contribution in [0.5, 0.6) is 5.88 Å². The molecule has 0 aromatic carbocycles. The summed E-state index contributed by atoms with van der Waals surface area (Å²) in [5.41, 5.74) is 6.83. The third-order valence-corrected chi connectivity index (χ3v) is 2.42. The first kappa shape index (κ1) is 12.7. The van der Waals surface area contributed by atoms with Gasteiger partial charge in [0.1, 0.15) is 12.1 Å². The third-order valence-electron chi connectivity index (χ3n) is 2.42. The van der Waals surface area contributed by atoms with E-state index in [1.165, 1.54) is 6.33 Å². The molecular weight excluding hydrogens is 204 g/mol. The lowest BCUT2D eigenvalue weighted by atomic mass is 10.2. The number of hydrogen-bond acceptors (Lipinski definition) is 5. The molecule has 90 valence electrons. The highest BCUT2D eigenvalue weighted by molar-refractivity contribution is 5.47. The zero-order valence-electron chi connectivity index (χ0n) is 10.2. The Morgan fingerprint density at radius 2 is 2.25 bits per heavy atom. The molecule has 0 bridgehead atoms. The normalized spacial score (nSPS) is 12.2. The quantitative estimate of drug-likeness (QED) is 0.762. The maximum Gasteiger partial charge on any atom is 0.221 e. The molecule has 1 atom stereocenters. The molecule has 0 saturated carbocycles. The molecule has 1 aromatic rings. The van der Waals surface area contributed by atoms with E-state index in [1.54, 1.807) is 7.11 Å². The van der Waals surface area contributed by atoms with Gasteiger partial charge >= 0.3 is 0 Å². The van der Waals surface area contributed by atoms with Crippen molar-refractivity contribution in [3.05, 3.63) is 11.9 Å². The van der Waals surface area contributed by atoms with E-state index in [0.717, 1.165) is 30.8 Å². The molecule has 1 aromatic heterocycles. The van der Waals surface area contributed by atoms with Crippen molar-refractivity contribution < 1.29 is 4.74 Å². The lowest BCUT2D eigenvalue weighted by Crippen LogP contribution is -2.29. The monoisotopic (exact) mass is 224 g/mol. The van der Waals surface area contributed by atoms with Gasteiger partial charge in [-0.3, -0.25) is 0 Å². The van der Waals surface area contributed by atoms with Crippen molar-refractivity contribution in [3.8, 4) is 5.88 Å². The van der Waals surface area contributed by atoms with E-state index in [2.05, 4.69) is 22.2 Å². The second-order valence-electron chi connectivity index (χ2n) is 3.79. The number of anilines is 1. The molecule has 1 heterocycles. The van der Waals surface area contributed by atoms with Gasteiger partial charge in [-0.1, -0.05) is 13.3 Å². The van der Waals surface area contributed by atoms with Gasteiger partial charge in [-0.15, -0.1) is 0 Å². The van der Waals surface area contributed by atoms with Gasteiger partial charge in [0.15, 0.2) is 0 Å². The minimum absolute atomic E-state index is 0.158. The first-order chi connectivity index (χ1) is 7.69. The van der Waals surface area contributed by atoms with Crippen LogP contribution in [-0.2, 0) is 0 Å². The van der Waals surface area contributed by atoms with E-state index >= 15 is 0 Å². The molecule has 0 aliphatic heterocycles. The van der Waals surface area contributed by atoms with Crippen molar-refractivity contribution in [2.24, 2.45) is 5.73 Å². The van der Waals surface area contributed by atoms with Crippen molar-refractivity contribution in [2.45, 2.75) is 32.7 Å². The molecule has 0 fully saturated rings. The van der Waals surface area contributed by atoms with E-state index in [4.69, 9.17) is 10.5 Å². The van der Waals surface area contributed by atoms with Crippen LogP contribution in [-0.4, -0.2) is 29.7 Å².